The highest BCUT2D eigenvalue weighted by Gasteiger charge is 2.62. The highest BCUT2D eigenvalue weighted by molar-refractivity contribution is 5.96. The van der Waals surface area contributed by atoms with Gasteiger partial charge < -0.3 is 0 Å². The summed E-state index contributed by atoms with van der Waals surface area (Å²) in [5.74, 6) is 4.53. The zero-order valence-electron chi connectivity index (χ0n) is 33.5. The molecule has 7 aliphatic rings. The molecule has 0 radical (unpaired) electrons. The monoisotopic (exact) mass is 781 g/mol. The minimum Gasteiger partial charge on any atom is -0.264 e. The number of hydrogen-bond acceptors (Lipinski definition) is 5. The Hall–Kier alpha value is -7.03. The Labute approximate surface area is 354 Å². The summed E-state index contributed by atoms with van der Waals surface area (Å²) in [6.45, 7) is 0. The lowest BCUT2D eigenvalue weighted by molar-refractivity contribution is -0.0400. The van der Waals surface area contributed by atoms with Crippen LogP contribution in [0.5, 0.6) is 0 Å². The van der Waals surface area contributed by atoms with Crippen LogP contribution in [-0.4, -0.2) is 19.9 Å². The lowest BCUT2D eigenvalue weighted by Gasteiger charge is -2.61. The second kappa shape index (κ2) is 12.0. The molecule has 4 saturated carbocycles. The molecule has 0 atom stereocenters. The molecule has 2 heterocycles. The van der Waals surface area contributed by atoms with Crippen LogP contribution in [0.4, 0.5) is 0 Å². The van der Waals surface area contributed by atoms with Gasteiger partial charge in [-0.05, 0) is 141 Å². The summed E-state index contributed by atoms with van der Waals surface area (Å²) < 4.78 is 0. The summed E-state index contributed by atoms with van der Waals surface area (Å²) in [7, 11) is 0. The molecule has 5 nitrogen and oxygen atoms in total. The van der Waals surface area contributed by atoms with Gasteiger partial charge in [-0.25, -0.2) is 15.0 Å². The van der Waals surface area contributed by atoms with Crippen molar-refractivity contribution in [1.29, 1.82) is 5.26 Å². The van der Waals surface area contributed by atoms with Gasteiger partial charge in [-0.15, -0.1) is 0 Å². The van der Waals surface area contributed by atoms with Gasteiger partial charge in [0.05, 0.1) is 17.0 Å². The molecule has 8 aromatic rings. The van der Waals surface area contributed by atoms with E-state index in [0.717, 1.165) is 34.1 Å². The van der Waals surface area contributed by atoms with Crippen molar-refractivity contribution >= 4 is 0 Å². The molecule has 0 saturated heterocycles. The summed E-state index contributed by atoms with van der Waals surface area (Å²) in [6, 6.07) is 53.0. The normalized spacial score (nSPS) is 23.3. The molecular weight excluding hydrogens is 743 g/mol. The first kappa shape index (κ1) is 33.8. The van der Waals surface area contributed by atoms with Gasteiger partial charge in [0.15, 0.2) is 17.5 Å². The number of aromatic nitrogens is 4. The number of nitrogens with zero attached hydrogens (tertiary/aromatic N) is 5. The van der Waals surface area contributed by atoms with Gasteiger partial charge in [0.1, 0.15) is 0 Å². The van der Waals surface area contributed by atoms with Gasteiger partial charge in [-0.1, -0.05) is 115 Å². The molecule has 5 heteroatoms. The van der Waals surface area contributed by atoms with Crippen LogP contribution in [0.2, 0.25) is 0 Å². The van der Waals surface area contributed by atoms with E-state index in [0.29, 0.717) is 34.9 Å². The Kier molecular flexibility index (Phi) is 6.67. The van der Waals surface area contributed by atoms with Crippen molar-refractivity contribution in [3.05, 3.63) is 191 Å². The first-order chi connectivity index (χ1) is 30.1. The summed E-state index contributed by atoms with van der Waals surface area (Å²) in [5, 5.41) is 11.0. The quantitative estimate of drug-likeness (QED) is 0.178. The van der Waals surface area contributed by atoms with Crippen LogP contribution in [0.1, 0.15) is 71.0 Å². The highest BCUT2D eigenvalue weighted by atomic mass is 15.0. The smallest absolute Gasteiger partial charge is 0.164 e. The van der Waals surface area contributed by atoms with E-state index in [-0.39, 0.29) is 5.41 Å². The van der Waals surface area contributed by atoms with Crippen LogP contribution in [0.15, 0.2) is 152 Å². The Bertz CT molecular complexity index is 3170. The minimum absolute atomic E-state index is 0.146. The van der Waals surface area contributed by atoms with Gasteiger partial charge in [0.25, 0.3) is 0 Å². The largest absolute Gasteiger partial charge is 0.264 e. The fraction of sp³-hybridized carbons (Fsp3) is 0.196. The van der Waals surface area contributed by atoms with E-state index in [1.165, 1.54) is 93.3 Å². The number of nitriles is 1. The van der Waals surface area contributed by atoms with Crippen molar-refractivity contribution in [1.82, 2.24) is 19.9 Å². The van der Waals surface area contributed by atoms with Crippen molar-refractivity contribution < 1.29 is 0 Å². The number of hydrogen-bond donors (Lipinski definition) is 0. The number of benzene rings is 6. The van der Waals surface area contributed by atoms with Crippen LogP contribution in [0, 0.1) is 35.0 Å². The van der Waals surface area contributed by atoms with E-state index in [1.54, 1.807) is 0 Å². The van der Waals surface area contributed by atoms with Crippen molar-refractivity contribution in [2.75, 3.05) is 0 Å². The molecule has 0 unspecified atom stereocenters. The van der Waals surface area contributed by atoms with Crippen LogP contribution in [0.3, 0.4) is 0 Å². The van der Waals surface area contributed by atoms with Crippen molar-refractivity contribution in [2.24, 2.45) is 23.7 Å². The van der Waals surface area contributed by atoms with E-state index in [2.05, 4.69) is 128 Å². The number of fused-ring (bicyclic) bond motifs is 13. The predicted octanol–water partition coefficient (Wildman–Crippen LogP) is 12.2. The molecule has 2 aromatic heterocycles. The molecule has 7 aliphatic carbocycles. The molecule has 15 rings (SSSR count). The lowest BCUT2D eigenvalue weighted by Crippen LogP contribution is -2.55. The average molecular weight is 782 g/mol. The Morgan fingerprint density at radius 3 is 1.66 bits per heavy atom. The fourth-order valence-corrected chi connectivity index (χ4v) is 14.0. The molecular formula is C56H39N5. The number of rotatable bonds is 3. The predicted molar refractivity (Wildman–Crippen MR) is 238 cm³/mol. The third-order valence-corrected chi connectivity index (χ3v) is 15.8. The molecule has 288 valence electrons. The van der Waals surface area contributed by atoms with Crippen molar-refractivity contribution in [3.63, 3.8) is 0 Å². The first-order valence-corrected chi connectivity index (χ1v) is 21.9. The Morgan fingerprint density at radius 2 is 1.02 bits per heavy atom. The maximum Gasteiger partial charge on any atom is 0.164 e. The average Bonchev–Trinajstić information content (AvgIpc) is 3.90. The maximum absolute atomic E-state index is 11.0. The van der Waals surface area contributed by atoms with Crippen LogP contribution in [-0.2, 0) is 10.8 Å². The molecule has 6 aromatic carbocycles. The van der Waals surface area contributed by atoms with Crippen LogP contribution in [0.25, 0.3) is 67.5 Å². The topological polar surface area (TPSA) is 75.3 Å². The highest BCUT2D eigenvalue weighted by Crippen LogP contribution is 2.70. The van der Waals surface area contributed by atoms with Crippen LogP contribution < -0.4 is 0 Å². The SMILES string of the molecule is N#Cc1cc(-c2nc(-c3ccccc3)nc(-c3ccc4c(c3)-c3ccccc3C43c4ccccc4-c4ccccc43)n2)cc2c1-c1ccncc1C21C2CC3CC(C2)CC1C3. The first-order valence-electron chi connectivity index (χ1n) is 21.9. The zero-order valence-corrected chi connectivity index (χ0v) is 33.5. The Balaban J connectivity index is 0.982. The summed E-state index contributed by atoms with van der Waals surface area (Å²) in [5.41, 5.74) is 18.0. The second-order valence-electron chi connectivity index (χ2n) is 18.5. The number of pyridine rings is 1. The van der Waals surface area contributed by atoms with Crippen LogP contribution >= 0.6 is 0 Å². The zero-order chi connectivity index (χ0) is 40.0. The van der Waals surface area contributed by atoms with E-state index in [9.17, 15) is 5.26 Å². The maximum atomic E-state index is 11.0. The van der Waals surface area contributed by atoms with Gasteiger partial charge in [-0.3, -0.25) is 4.98 Å². The molecule has 0 amide bonds. The molecule has 4 fully saturated rings. The standard InChI is InChI=1S/C56H39N5/c57-30-37-27-36(29-49-51(37)43-20-21-58-31-50(43)55(49)38-23-32-22-33(25-38)26-39(55)24-32)54-60-52(34-10-2-1-3-11-34)59-53(61-54)35-18-19-48-44(28-35)42-14-6-9-17-47(42)56(48)45-15-7-4-12-40(45)41-13-5-8-16-46(41)56/h1-21,27-29,31-33,38-39H,22-26H2. The molecule has 0 aliphatic heterocycles. The second-order valence-corrected chi connectivity index (χ2v) is 18.5. The third-order valence-electron chi connectivity index (χ3n) is 15.8. The molecule has 2 spiro atoms. The fourth-order valence-electron chi connectivity index (χ4n) is 14.0. The van der Waals surface area contributed by atoms with Crippen molar-refractivity contribution in [2.45, 2.75) is 42.9 Å². The summed E-state index contributed by atoms with van der Waals surface area (Å²) in [4.78, 5) is 20.6. The van der Waals surface area contributed by atoms with Gasteiger partial charge >= 0.3 is 0 Å². The molecule has 0 N–H and O–H groups in total. The molecule has 61 heavy (non-hydrogen) atoms. The van der Waals surface area contributed by atoms with E-state index >= 15 is 0 Å². The van der Waals surface area contributed by atoms with E-state index in [4.69, 9.17) is 19.9 Å². The lowest BCUT2D eigenvalue weighted by atomic mass is 9.43. The van der Waals surface area contributed by atoms with Gasteiger partial charge in [0.2, 0.25) is 0 Å². The minimum atomic E-state index is -0.420. The van der Waals surface area contributed by atoms with Gasteiger partial charge in [-0.2, -0.15) is 5.26 Å². The molecule has 4 bridgehead atoms. The summed E-state index contributed by atoms with van der Waals surface area (Å²) in [6.07, 6.45) is 10.4. The van der Waals surface area contributed by atoms with Crippen molar-refractivity contribution in [3.8, 4) is 73.6 Å². The van der Waals surface area contributed by atoms with E-state index < -0.39 is 5.41 Å². The summed E-state index contributed by atoms with van der Waals surface area (Å²) >= 11 is 0. The Morgan fingerprint density at radius 1 is 0.459 bits per heavy atom. The third kappa shape index (κ3) is 4.25. The van der Waals surface area contributed by atoms with Gasteiger partial charge in [0, 0.05) is 40.1 Å². The van der Waals surface area contributed by atoms with E-state index in [1.807, 2.05) is 30.5 Å².